The lowest BCUT2D eigenvalue weighted by Crippen LogP contribution is -2.32. The Kier molecular flexibility index (Phi) is 8.11. The van der Waals surface area contributed by atoms with E-state index in [9.17, 15) is 0 Å². The number of hydrogen-bond donors (Lipinski definition) is 0. The van der Waals surface area contributed by atoms with Crippen LogP contribution in [-0.2, 0) is 5.41 Å². The Labute approximate surface area is 356 Å². The second-order valence-corrected chi connectivity index (χ2v) is 16.0. The lowest BCUT2D eigenvalue weighted by molar-refractivity contribution is 0.437. The number of rotatable bonds is 6. The Morgan fingerprint density at radius 2 is 0.754 bits per heavy atom. The maximum atomic E-state index is 6.83. The monoisotopic (exact) mass is 777 g/mol. The van der Waals surface area contributed by atoms with Gasteiger partial charge in [-0.1, -0.05) is 182 Å². The number of anilines is 3. The smallest absolute Gasteiger partial charge is 0.132 e. The molecule has 1 spiro atoms. The topological polar surface area (TPSA) is 12.5 Å². The predicted octanol–water partition coefficient (Wildman–Crippen LogP) is 15.8. The highest BCUT2D eigenvalue weighted by Crippen LogP contribution is 2.64. The van der Waals surface area contributed by atoms with Crippen LogP contribution in [0.25, 0.3) is 55.3 Å². The Bertz CT molecular complexity index is 3160. The van der Waals surface area contributed by atoms with Crippen LogP contribution in [0.2, 0.25) is 0 Å². The average Bonchev–Trinajstić information content (AvgIpc) is 3.63. The lowest BCUT2D eigenvalue weighted by Gasteiger charge is -2.40. The van der Waals surface area contributed by atoms with Crippen molar-refractivity contribution < 1.29 is 4.74 Å². The molecule has 2 nitrogen and oxygen atoms in total. The second-order valence-electron chi connectivity index (χ2n) is 16.0. The Morgan fingerprint density at radius 3 is 1.38 bits per heavy atom. The normalized spacial score (nSPS) is 14.4. The quantitative estimate of drug-likeness (QED) is 0.167. The Morgan fingerprint density at radius 1 is 0.295 bits per heavy atom. The number of ether oxygens (including phenoxy) is 1. The van der Waals surface area contributed by atoms with E-state index < -0.39 is 5.41 Å². The van der Waals surface area contributed by atoms with Crippen LogP contribution in [0.1, 0.15) is 22.3 Å². The number of benzene rings is 10. The first-order valence-electron chi connectivity index (χ1n) is 21.0. The molecule has 2 aliphatic rings. The van der Waals surface area contributed by atoms with Gasteiger partial charge < -0.3 is 9.64 Å². The van der Waals surface area contributed by atoms with E-state index in [4.69, 9.17) is 4.74 Å². The summed E-state index contributed by atoms with van der Waals surface area (Å²) in [5, 5.41) is 2.37. The van der Waals surface area contributed by atoms with Crippen molar-refractivity contribution in [2.24, 2.45) is 0 Å². The number of fused-ring (bicyclic) bond motifs is 10. The minimum Gasteiger partial charge on any atom is -0.457 e. The molecule has 0 N–H and O–H groups in total. The van der Waals surface area contributed by atoms with Gasteiger partial charge in [0, 0.05) is 28.2 Å². The van der Waals surface area contributed by atoms with Crippen LogP contribution in [0.3, 0.4) is 0 Å². The van der Waals surface area contributed by atoms with Gasteiger partial charge in [0.1, 0.15) is 11.5 Å². The highest BCUT2D eigenvalue weighted by atomic mass is 16.5. The van der Waals surface area contributed by atoms with Gasteiger partial charge in [0.05, 0.1) is 5.41 Å². The van der Waals surface area contributed by atoms with Crippen molar-refractivity contribution in [1.82, 2.24) is 0 Å². The fourth-order valence-electron chi connectivity index (χ4n) is 9.99. The maximum Gasteiger partial charge on any atom is 0.132 e. The molecule has 61 heavy (non-hydrogen) atoms. The summed E-state index contributed by atoms with van der Waals surface area (Å²) < 4.78 is 6.83. The van der Waals surface area contributed by atoms with E-state index in [1.807, 2.05) is 0 Å². The summed E-state index contributed by atoms with van der Waals surface area (Å²) in [6.45, 7) is 0. The van der Waals surface area contributed by atoms with Gasteiger partial charge in [-0.2, -0.15) is 0 Å². The molecule has 10 aromatic rings. The third-order valence-corrected chi connectivity index (χ3v) is 12.7. The SMILES string of the molecule is c1ccc(-c2ccc(N(c3ccc(-c4ccccc4)cc3)c3ccc(-c4cccc5c4C4(c6ccccc6Oc6cc7ccccc7cc64)c4ccccc4-5)cc3)cc2)cc1. The lowest BCUT2D eigenvalue weighted by atomic mass is 9.64. The molecule has 0 aromatic heterocycles. The molecule has 0 fully saturated rings. The van der Waals surface area contributed by atoms with Crippen molar-refractivity contribution in [3.63, 3.8) is 0 Å². The van der Waals surface area contributed by atoms with Crippen molar-refractivity contribution in [3.8, 4) is 56.0 Å². The van der Waals surface area contributed by atoms with Crippen molar-refractivity contribution in [2.75, 3.05) is 4.90 Å². The van der Waals surface area contributed by atoms with Gasteiger partial charge in [-0.15, -0.1) is 0 Å². The molecular weight excluding hydrogens is 739 g/mol. The summed E-state index contributed by atoms with van der Waals surface area (Å²) in [4.78, 5) is 2.36. The van der Waals surface area contributed by atoms with Crippen LogP contribution in [-0.4, -0.2) is 0 Å². The molecular formula is C59H39NO. The zero-order valence-electron chi connectivity index (χ0n) is 33.4. The zero-order chi connectivity index (χ0) is 40.3. The summed E-state index contributed by atoms with van der Waals surface area (Å²) in [5.74, 6) is 1.79. The Hall–Kier alpha value is -7.94. The van der Waals surface area contributed by atoms with Crippen molar-refractivity contribution >= 4 is 27.8 Å². The third kappa shape index (κ3) is 5.57. The van der Waals surface area contributed by atoms with E-state index in [0.29, 0.717) is 0 Å². The first kappa shape index (κ1) is 35.0. The largest absolute Gasteiger partial charge is 0.457 e. The van der Waals surface area contributed by atoms with Crippen molar-refractivity contribution in [3.05, 3.63) is 259 Å². The number of para-hydroxylation sites is 1. The molecule has 2 heteroatoms. The van der Waals surface area contributed by atoms with Crippen molar-refractivity contribution in [2.45, 2.75) is 5.41 Å². The minimum absolute atomic E-state index is 0.595. The maximum absolute atomic E-state index is 6.83. The first-order valence-corrected chi connectivity index (χ1v) is 21.0. The molecule has 1 aliphatic heterocycles. The number of hydrogen-bond acceptors (Lipinski definition) is 2. The summed E-state index contributed by atoms with van der Waals surface area (Å²) in [6, 6.07) is 85.8. The molecule has 0 bridgehead atoms. The van der Waals surface area contributed by atoms with E-state index in [-0.39, 0.29) is 0 Å². The standard InChI is InChI=1S/C59H39NO/c1-3-14-40(15-4-1)42-26-32-47(33-27-42)60(48-34-28-43(29-35-48)41-16-5-2-6-17-41)49-36-30-44(31-37-49)50-21-13-22-52-51-20-9-10-23-53(51)59(58(50)52)54-24-11-12-25-56(54)61-57-39-46-19-8-7-18-45(46)38-55(57)59/h1-39H. The van der Waals surface area contributed by atoms with Crippen LogP contribution in [0.15, 0.2) is 237 Å². The third-order valence-electron chi connectivity index (χ3n) is 12.7. The van der Waals surface area contributed by atoms with Crippen LogP contribution in [0.5, 0.6) is 11.5 Å². The summed E-state index contributed by atoms with van der Waals surface area (Å²) >= 11 is 0. The highest BCUT2D eigenvalue weighted by Gasteiger charge is 2.52. The van der Waals surface area contributed by atoms with E-state index in [1.165, 1.54) is 66.4 Å². The molecule has 286 valence electrons. The van der Waals surface area contributed by atoms with Gasteiger partial charge in [0.25, 0.3) is 0 Å². The first-order chi connectivity index (χ1) is 30.2. The zero-order valence-corrected chi connectivity index (χ0v) is 33.4. The molecule has 1 atom stereocenters. The summed E-state index contributed by atoms with van der Waals surface area (Å²) in [6.07, 6.45) is 0. The summed E-state index contributed by atoms with van der Waals surface area (Å²) in [5.41, 5.74) is 17.3. The van der Waals surface area contributed by atoms with Crippen LogP contribution >= 0.6 is 0 Å². The molecule has 1 heterocycles. The van der Waals surface area contributed by atoms with Crippen LogP contribution in [0.4, 0.5) is 17.1 Å². The fraction of sp³-hybridized carbons (Fsp3) is 0.0169. The molecule has 12 rings (SSSR count). The molecule has 0 saturated carbocycles. The van der Waals surface area contributed by atoms with E-state index >= 15 is 0 Å². The number of nitrogens with zero attached hydrogens (tertiary/aromatic N) is 1. The molecule has 0 radical (unpaired) electrons. The molecule has 0 saturated heterocycles. The molecule has 1 unspecified atom stereocenters. The minimum atomic E-state index is -0.595. The predicted molar refractivity (Wildman–Crippen MR) is 252 cm³/mol. The molecule has 1 aliphatic carbocycles. The average molecular weight is 778 g/mol. The highest BCUT2D eigenvalue weighted by molar-refractivity contribution is 5.96. The van der Waals surface area contributed by atoms with Gasteiger partial charge in [-0.05, 0) is 121 Å². The van der Waals surface area contributed by atoms with E-state index in [0.717, 1.165) is 39.7 Å². The second kappa shape index (κ2) is 14.1. The fourth-order valence-corrected chi connectivity index (χ4v) is 9.99. The van der Waals surface area contributed by atoms with Crippen LogP contribution in [0, 0.1) is 0 Å². The van der Waals surface area contributed by atoms with Crippen molar-refractivity contribution in [1.29, 1.82) is 0 Å². The van der Waals surface area contributed by atoms with Gasteiger partial charge in [0.2, 0.25) is 0 Å². The molecule has 0 amide bonds. The van der Waals surface area contributed by atoms with Gasteiger partial charge in [-0.25, -0.2) is 0 Å². The Balaban J connectivity index is 1.02. The van der Waals surface area contributed by atoms with Crippen LogP contribution < -0.4 is 9.64 Å². The van der Waals surface area contributed by atoms with Gasteiger partial charge >= 0.3 is 0 Å². The van der Waals surface area contributed by atoms with E-state index in [2.05, 4.69) is 241 Å². The van der Waals surface area contributed by atoms with Gasteiger partial charge in [0.15, 0.2) is 0 Å². The van der Waals surface area contributed by atoms with E-state index in [1.54, 1.807) is 0 Å². The summed E-state index contributed by atoms with van der Waals surface area (Å²) in [7, 11) is 0. The van der Waals surface area contributed by atoms with Gasteiger partial charge in [-0.3, -0.25) is 0 Å². The molecule has 10 aromatic carbocycles.